The van der Waals surface area contributed by atoms with Gasteiger partial charge in [-0.25, -0.2) is 4.98 Å². The Morgan fingerprint density at radius 3 is 2.29 bits per heavy atom. The number of imidazole rings is 1. The normalized spacial score (nSPS) is 11.6. The van der Waals surface area contributed by atoms with Crippen molar-refractivity contribution in [3.05, 3.63) is 95.6 Å². The Morgan fingerprint density at radius 2 is 1.54 bits per heavy atom. The van der Waals surface area contributed by atoms with Crippen LogP contribution >= 0.6 is 11.8 Å². The zero-order chi connectivity index (χ0) is 24.6. The summed E-state index contributed by atoms with van der Waals surface area (Å²) in [6.07, 6.45) is 0.0246. The van der Waals surface area contributed by atoms with Crippen LogP contribution in [0.4, 0.5) is 0 Å². The van der Waals surface area contributed by atoms with E-state index in [0.717, 1.165) is 21.8 Å². The van der Waals surface area contributed by atoms with Gasteiger partial charge >= 0.3 is 0 Å². The lowest BCUT2D eigenvalue weighted by molar-refractivity contribution is -0.122. The van der Waals surface area contributed by atoms with Crippen LogP contribution in [0.1, 0.15) is 39.6 Å². The molecule has 0 fully saturated rings. The van der Waals surface area contributed by atoms with E-state index in [0.29, 0.717) is 16.9 Å². The molecule has 1 unspecified atom stereocenters. The van der Waals surface area contributed by atoms with E-state index in [1.54, 1.807) is 55.1 Å². The quantitative estimate of drug-likeness (QED) is 0.223. The molecular formula is C26H25N5O3S. The number of benzene rings is 3. The number of hydrazine groups is 1. The Balaban J connectivity index is 1.20. The fourth-order valence-corrected chi connectivity index (χ4v) is 4.22. The molecule has 0 spiro atoms. The average Bonchev–Trinajstić information content (AvgIpc) is 3.30. The molecule has 1 aromatic heterocycles. The molecule has 35 heavy (non-hydrogen) atoms. The number of rotatable bonds is 8. The minimum atomic E-state index is -0.421. The van der Waals surface area contributed by atoms with Gasteiger partial charge in [-0.05, 0) is 48.9 Å². The standard InChI is InChI=1S/C26H25N5O3S/c1-17(27-24(33)19-7-3-2-4-8-19)15-23(32)30-31-25(34)20-13-11-18(12-14-20)16-35-26-28-21-9-5-6-10-22(21)29-26/h2-14,17H,15-16H2,1H3,(H,27,33)(H,28,29)(H,30,32)(H,31,34). The van der Waals surface area contributed by atoms with Crippen molar-refractivity contribution in [3.8, 4) is 0 Å². The zero-order valence-corrected chi connectivity index (χ0v) is 19.9. The van der Waals surface area contributed by atoms with Crippen molar-refractivity contribution in [2.75, 3.05) is 0 Å². The van der Waals surface area contributed by atoms with E-state index >= 15 is 0 Å². The number of aromatic nitrogens is 2. The van der Waals surface area contributed by atoms with Gasteiger partial charge in [0.25, 0.3) is 11.8 Å². The molecule has 0 bridgehead atoms. The summed E-state index contributed by atoms with van der Waals surface area (Å²) in [6.45, 7) is 1.73. The molecule has 4 N–H and O–H groups in total. The Bertz CT molecular complexity index is 1290. The third-order valence-corrected chi connectivity index (χ3v) is 6.12. The van der Waals surface area contributed by atoms with Gasteiger partial charge in [-0.1, -0.05) is 54.2 Å². The van der Waals surface area contributed by atoms with Crippen LogP contribution in [-0.2, 0) is 10.5 Å². The topological polar surface area (TPSA) is 116 Å². The Hall–Kier alpha value is -4.11. The van der Waals surface area contributed by atoms with E-state index in [2.05, 4.69) is 26.1 Å². The number of fused-ring (bicyclic) bond motifs is 1. The highest BCUT2D eigenvalue weighted by Gasteiger charge is 2.14. The number of hydrogen-bond donors (Lipinski definition) is 4. The summed E-state index contributed by atoms with van der Waals surface area (Å²) < 4.78 is 0. The summed E-state index contributed by atoms with van der Waals surface area (Å²) in [5.74, 6) is -0.382. The smallest absolute Gasteiger partial charge is 0.269 e. The van der Waals surface area contributed by atoms with Crippen LogP contribution in [-0.4, -0.2) is 33.7 Å². The number of carbonyl (C=O) groups is 3. The molecule has 0 saturated carbocycles. The van der Waals surface area contributed by atoms with Gasteiger partial charge in [0.2, 0.25) is 5.91 Å². The van der Waals surface area contributed by atoms with Crippen molar-refractivity contribution in [1.82, 2.24) is 26.1 Å². The van der Waals surface area contributed by atoms with E-state index in [-0.39, 0.29) is 12.3 Å². The van der Waals surface area contributed by atoms with Gasteiger partial charge in [-0.3, -0.25) is 25.2 Å². The molecule has 0 aliphatic heterocycles. The molecule has 0 aliphatic carbocycles. The first-order valence-corrected chi connectivity index (χ1v) is 12.1. The molecule has 4 rings (SSSR count). The van der Waals surface area contributed by atoms with E-state index in [9.17, 15) is 14.4 Å². The molecule has 3 amide bonds. The van der Waals surface area contributed by atoms with Gasteiger partial charge in [-0.2, -0.15) is 0 Å². The lowest BCUT2D eigenvalue weighted by Crippen LogP contribution is -2.44. The number of carbonyl (C=O) groups excluding carboxylic acids is 3. The van der Waals surface area contributed by atoms with Crippen LogP contribution in [0.3, 0.4) is 0 Å². The van der Waals surface area contributed by atoms with Gasteiger partial charge < -0.3 is 10.3 Å². The van der Waals surface area contributed by atoms with Crippen LogP contribution < -0.4 is 16.2 Å². The molecule has 0 aliphatic rings. The molecular weight excluding hydrogens is 462 g/mol. The summed E-state index contributed by atoms with van der Waals surface area (Å²) in [5.41, 5.74) is 8.71. The van der Waals surface area contributed by atoms with Crippen LogP contribution in [0, 0.1) is 0 Å². The Labute approximate surface area is 206 Å². The monoisotopic (exact) mass is 487 g/mol. The molecule has 9 heteroatoms. The first-order chi connectivity index (χ1) is 17.0. The molecule has 3 aromatic carbocycles. The molecule has 4 aromatic rings. The van der Waals surface area contributed by atoms with Crippen molar-refractivity contribution in [3.63, 3.8) is 0 Å². The van der Waals surface area contributed by atoms with Crippen molar-refractivity contribution < 1.29 is 14.4 Å². The minimum Gasteiger partial charge on any atom is -0.349 e. The lowest BCUT2D eigenvalue weighted by atomic mass is 10.1. The number of para-hydroxylation sites is 2. The number of nitrogens with zero attached hydrogens (tertiary/aromatic N) is 1. The summed E-state index contributed by atoms with van der Waals surface area (Å²) in [6, 6.07) is 23.4. The second-order valence-electron chi connectivity index (χ2n) is 7.99. The predicted molar refractivity (Wildman–Crippen MR) is 136 cm³/mol. The van der Waals surface area contributed by atoms with Gasteiger partial charge in [-0.15, -0.1) is 0 Å². The molecule has 0 saturated heterocycles. The second kappa shape index (κ2) is 11.3. The fourth-order valence-electron chi connectivity index (χ4n) is 3.38. The SMILES string of the molecule is CC(CC(=O)NNC(=O)c1ccc(CSc2nc3ccccc3[nH]2)cc1)NC(=O)c1ccccc1. The first kappa shape index (κ1) is 24.0. The van der Waals surface area contributed by atoms with Gasteiger partial charge in [0.15, 0.2) is 5.16 Å². The van der Waals surface area contributed by atoms with Crippen LogP contribution in [0.15, 0.2) is 84.0 Å². The number of H-pyrrole nitrogens is 1. The van der Waals surface area contributed by atoms with E-state index in [1.807, 2.05) is 42.5 Å². The Kier molecular flexibility index (Phi) is 7.79. The molecule has 178 valence electrons. The summed E-state index contributed by atoms with van der Waals surface area (Å²) >= 11 is 1.58. The molecule has 1 atom stereocenters. The predicted octanol–water partition coefficient (Wildman–Crippen LogP) is 3.82. The number of amides is 3. The summed E-state index contributed by atoms with van der Waals surface area (Å²) in [7, 11) is 0. The molecule has 0 radical (unpaired) electrons. The van der Waals surface area contributed by atoms with E-state index in [1.165, 1.54) is 0 Å². The third kappa shape index (κ3) is 6.70. The number of thioether (sulfide) groups is 1. The lowest BCUT2D eigenvalue weighted by Gasteiger charge is -2.14. The van der Waals surface area contributed by atoms with Crippen molar-refractivity contribution in [2.24, 2.45) is 0 Å². The maximum Gasteiger partial charge on any atom is 0.269 e. The number of hydrogen-bond acceptors (Lipinski definition) is 5. The van der Waals surface area contributed by atoms with Crippen LogP contribution in [0.2, 0.25) is 0 Å². The van der Waals surface area contributed by atoms with Gasteiger partial charge in [0.1, 0.15) is 0 Å². The van der Waals surface area contributed by atoms with Crippen LogP contribution in [0.5, 0.6) is 0 Å². The highest BCUT2D eigenvalue weighted by atomic mass is 32.2. The second-order valence-corrected chi connectivity index (χ2v) is 8.96. The zero-order valence-electron chi connectivity index (χ0n) is 19.1. The van der Waals surface area contributed by atoms with Gasteiger partial charge in [0.05, 0.1) is 11.0 Å². The number of nitrogens with one attached hydrogen (secondary N) is 4. The molecule has 8 nitrogen and oxygen atoms in total. The maximum absolute atomic E-state index is 12.4. The van der Waals surface area contributed by atoms with Crippen molar-refractivity contribution in [1.29, 1.82) is 0 Å². The minimum absolute atomic E-state index is 0.0246. The average molecular weight is 488 g/mol. The highest BCUT2D eigenvalue weighted by Crippen LogP contribution is 2.23. The largest absolute Gasteiger partial charge is 0.349 e. The van der Waals surface area contributed by atoms with Crippen molar-refractivity contribution in [2.45, 2.75) is 30.3 Å². The highest BCUT2D eigenvalue weighted by molar-refractivity contribution is 7.98. The summed E-state index contributed by atoms with van der Waals surface area (Å²) in [5, 5.41) is 3.60. The fraction of sp³-hybridized carbons (Fsp3) is 0.154. The first-order valence-electron chi connectivity index (χ1n) is 11.1. The third-order valence-electron chi connectivity index (χ3n) is 5.18. The maximum atomic E-state index is 12.4. The Morgan fingerprint density at radius 1 is 0.857 bits per heavy atom. The van der Waals surface area contributed by atoms with E-state index in [4.69, 9.17) is 0 Å². The summed E-state index contributed by atoms with van der Waals surface area (Å²) in [4.78, 5) is 44.5. The number of aromatic amines is 1. The van der Waals surface area contributed by atoms with Gasteiger partial charge in [0, 0.05) is 29.3 Å². The van der Waals surface area contributed by atoms with Crippen molar-refractivity contribution >= 4 is 40.5 Å². The van der Waals surface area contributed by atoms with E-state index < -0.39 is 17.9 Å². The van der Waals surface area contributed by atoms with Crippen LogP contribution in [0.25, 0.3) is 11.0 Å². The molecule has 1 heterocycles.